The van der Waals surface area contributed by atoms with Crippen molar-refractivity contribution in [3.8, 4) is 0 Å². The van der Waals surface area contributed by atoms with Crippen LogP contribution in [0.2, 0.25) is 5.02 Å². The maximum atomic E-state index is 12.3. The van der Waals surface area contributed by atoms with Crippen molar-refractivity contribution in [1.29, 1.82) is 0 Å². The largest absolute Gasteiger partial charge is 0.340 e. The van der Waals surface area contributed by atoms with E-state index in [-0.39, 0.29) is 23.1 Å². The van der Waals surface area contributed by atoms with Crippen LogP contribution in [0.4, 0.5) is 0 Å². The summed E-state index contributed by atoms with van der Waals surface area (Å²) in [6.45, 7) is 0.873. The molecule has 2 aromatic rings. The number of fused-ring (bicyclic) bond motifs is 1. The van der Waals surface area contributed by atoms with Gasteiger partial charge in [0.15, 0.2) is 0 Å². The van der Waals surface area contributed by atoms with Crippen LogP contribution in [0.25, 0.3) is 10.2 Å². The Labute approximate surface area is 129 Å². The van der Waals surface area contributed by atoms with Crippen molar-refractivity contribution < 1.29 is 9.59 Å². The van der Waals surface area contributed by atoms with Crippen LogP contribution in [-0.4, -0.2) is 34.2 Å². The van der Waals surface area contributed by atoms with Gasteiger partial charge in [-0.3, -0.25) is 19.0 Å². The SMILES string of the molecule is O=C1CCN(C(=O)Cn2c(=O)sc3ccc(Cl)cc32)CC1. The molecule has 21 heavy (non-hydrogen) atoms. The number of benzene rings is 1. The number of aromatic nitrogens is 1. The predicted molar refractivity (Wildman–Crippen MR) is 81.9 cm³/mol. The molecule has 1 amide bonds. The highest BCUT2D eigenvalue weighted by Gasteiger charge is 2.22. The first-order chi connectivity index (χ1) is 10.0. The zero-order chi connectivity index (χ0) is 15.0. The van der Waals surface area contributed by atoms with Crippen molar-refractivity contribution in [3.05, 3.63) is 32.9 Å². The third kappa shape index (κ3) is 2.87. The molecule has 5 nitrogen and oxygen atoms in total. The minimum Gasteiger partial charge on any atom is -0.340 e. The van der Waals surface area contributed by atoms with Crippen molar-refractivity contribution in [1.82, 2.24) is 9.47 Å². The van der Waals surface area contributed by atoms with E-state index in [9.17, 15) is 14.4 Å². The fraction of sp³-hybridized carbons (Fsp3) is 0.357. The summed E-state index contributed by atoms with van der Waals surface area (Å²) in [6, 6.07) is 5.20. The van der Waals surface area contributed by atoms with Crippen molar-refractivity contribution in [3.63, 3.8) is 0 Å². The van der Waals surface area contributed by atoms with Crippen LogP contribution < -0.4 is 4.87 Å². The quantitative estimate of drug-likeness (QED) is 0.848. The van der Waals surface area contributed by atoms with Gasteiger partial charge in [0, 0.05) is 31.0 Å². The van der Waals surface area contributed by atoms with Crippen LogP contribution in [0.5, 0.6) is 0 Å². The average Bonchev–Trinajstić information content (AvgIpc) is 2.76. The van der Waals surface area contributed by atoms with Crippen LogP contribution in [0.1, 0.15) is 12.8 Å². The van der Waals surface area contributed by atoms with Gasteiger partial charge in [0.25, 0.3) is 0 Å². The topological polar surface area (TPSA) is 59.4 Å². The number of carbonyl (C=O) groups is 2. The molecule has 0 aliphatic carbocycles. The van der Waals surface area contributed by atoms with Crippen LogP contribution in [0.15, 0.2) is 23.0 Å². The highest BCUT2D eigenvalue weighted by molar-refractivity contribution is 7.16. The first-order valence-electron chi connectivity index (χ1n) is 6.63. The molecule has 0 radical (unpaired) electrons. The Kier molecular flexibility index (Phi) is 3.82. The number of nitrogens with zero attached hydrogens (tertiary/aromatic N) is 2. The average molecular weight is 325 g/mol. The zero-order valence-corrected chi connectivity index (χ0v) is 12.7. The van der Waals surface area contributed by atoms with E-state index in [0.29, 0.717) is 36.5 Å². The Bertz CT molecular complexity index is 770. The molecule has 0 atom stereocenters. The third-order valence-electron chi connectivity index (χ3n) is 3.60. The van der Waals surface area contributed by atoms with Crippen molar-refractivity contribution in [2.45, 2.75) is 19.4 Å². The predicted octanol–water partition coefficient (Wildman–Crippen LogP) is 1.91. The molecular weight excluding hydrogens is 312 g/mol. The van der Waals surface area contributed by atoms with E-state index in [1.54, 1.807) is 23.1 Å². The summed E-state index contributed by atoms with van der Waals surface area (Å²) < 4.78 is 2.26. The number of rotatable bonds is 2. The van der Waals surface area contributed by atoms with Crippen molar-refractivity contribution in [2.24, 2.45) is 0 Å². The van der Waals surface area contributed by atoms with E-state index < -0.39 is 0 Å². The molecule has 0 bridgehead atoms. The second-order valence-corrected chi connectivity index (χ2v) is 6.42. The lowest BCUT2D eigenvalue weighted by molar-refractivity contribution is -0.135. The summed E-state index contributed by atoms with van der Waals surface area (Å²) in [7, 11) is 0. The summed E-state index contributed by atoms with van der Waals surface area (Å²) in [5.74, 6) is 0.0493. The zero-order valence-electron chi connectivity index (χ0n) is 11.2. The highest BCUT2D eigenvalue weighted by atomic mass is 35.5. The van der Waals surface area contributed by atoms with Crippen LogP contribution >= 0.6 is 22.9 Å². The summed E-state index contributed by atoms with van der Waals surface area (Å²) >= 11 is 7.06. The number of likely N-dealkylation sites (tertiary alicyclic amines) is 1. The lowest BCUT2D eigenvalue weighted by atomic mass is 10.1. The summed E-state index contributed by atoms with van der Waals surface area (Å²) in [5, 5.41) is 0.532. The molecule has 1 aliphatic rings. The fourth-order valence-electron chi connectivity index (χ4n) is 2.43. The number of carbonyl (C=O) groups excluding carboxylic acids is 2. The second kappa shape index (κ2) is 5.61. The van der Waals surface area contributed by atoms with Gasteiger partial charge < -0.3 is 4.90 Å². The molecule has 1 aromatic carbocycles. The van der Waals surface area contributed by atoms with Crippen molar-refractivity contribution in [2.75, 3.05) is 13.1 Å². The number of hydrogen-bond donors (Lipinski definition) is 0. The van der Waals surface area contributed by atoms with Gasteiger partial charge >= 0.3 is 4.87 Å². The maximum absolute atomic E-state index is 12.3. The fourth-order valence-corrected chi connectivity index (χ4v) is 3.46. The Hall–Kier alpha value is -1.66. The van der Waals surface area contributed by atoms with Gasteiger partial charge in [-0.15, -0.1) is 0 Å². The van der Waals surface area contributed by atoms with Gasteiger partial charge in [0.05, 0.1) is 10.2 Å². The van der Waals surface area contributed by atoms with Gasteiger partial charge in [-0.25, -0.2) is 0 Å². The van der Waals surface area contributed by atoms with E-state index in [4.69, 9.17) is 11.6 Å². The van der Waals surface area contributed by atoms with E-state index in [1.807, 2.05) is 0 Å². The molecule has 1 saturated heterocycles. The van der Waals surface area contributed by atoms with E-state index in [2.05, 4.69) is 0 Å². The molecule has 1 fully saturated rings. The molecule has 0 N–H and O–H groups in total. The Morgan fingerprint density at radius 3 is 2.67 bits per heavy atom. The molecule has 0 unspecified atom stereocenters. The molecule has 1 aromatic heterocycles. The molecule has 110 valence electrons. The number of Topliss-reactive ketones (excluding diaryl/α,β-unsaturated/α-hetero) is 1. The highest BCUT2D eigenvalue weighted by Crippen LogP contribution is 2.21. The Morgan fingerprint density at radius 2 is 1.95 bits per heavy atom. The van der Waals surface area contributed by atoms with E-state index in [0.717, 1.165) is 16.0 Å². The standard InChI is InChI=1S/C14H13ClN2O3S/c15-9-1-2-12-11(7-9)17(14(20)21-12)8-13(19)16-5-3-10(18)4-6-16/h1-2,7H,3-6,8H2. The smallest absolute Gasteiger partial charge is 0.308 e. The molecule has 1 aliphatic heterocycles. The van der Waals surface area contributed by atoms with Gasteiger partial charge in [-0.05, 0) is 18.2 Å². The molecule has 7 heteroatoms. The molecule has 3 rings (SSSR count). The van der Waals surface area contributed by atoms with Crippen molar-refractivity contribution >= 4 is 44.8 Å². The van der Waals surface area contributed by atoms with Crippen LogP contribution in [0, 0.1) is 0 Å². The van der Waals surface area contributed by atoms with Gasteiger partial charge in [0.1, 0.15) is 12.3 Å². The summed E-state index contributed by atoms with van der Waals surface area (Å²) in [6.07, 6.45) is 0.799. The number of thiazole rings is 1. The second-order valence-electron chi connectivity index (χ2n) is 4.99. The minimum atomic E-state index is -0.172. The number of amides is 1. The number of piperidine rings is 1. The lowest BCUT2D eigenvalue weighted by Crippen LogP contribution is -2.41. The molecule has 2 heterocycles. The van der Waals surface area contributed by atoms with E-state index >= 15 is 0 Å². The summed E-state index contributed by atoms with van der Waals surface area (Å²) in [4.78, 5) is 37.0. The monoisotopic (exact) mass is 324 g/mol. The number of ketones is 1. The summed E-state index contributed by atoms with van der Waals surface area (Å²) in [5.41, 5.74) is 0.680. The van der Waals surface area contributed by atoms with Crippen LogP contribution in [0.3, 0.4) is 0 Å². The lowest BCUT2D eigenvalue weighted by Gasteiger charge is -2.26. The maximum Gasteiger partial charge on any atom is 0.308 e. The van der Waals surface area contributed by atoms with Gasteiger partial charge in [-0.1, -0.05) is 22.9 Å². The van der Waals surface area contributed by atoms with Gasteiger partial charge in [-0.2, -0.15) is 0 Å². The third-order valence-corrected chi connectivity index (χ3v) is 4.79. The number of halogens is 1. The normalized spacial score (nSPS) is 15.7. The molecule has 0 saturated carbocycles. The number of hydrogen-bond acceptors (Lipinski definition) is 4. The molecular formula is C14H13ClN2O3S. The first kappa shape index (κ1) is 14.3. The van der Waals surface area contributed by atoms with Gasteiger partial charge in [0.2, 0.25) is 5.91 Å². The first-order valence-corrected chi connectivity index (χ1v) is 7.82. The molecule has 0 spiro atoms. The van der Waals surface area contributed by atoms with E-state index in [1.165, 1.54) is 4.57 Å². The minimum absolute atomic E-state index is 0.00658. The van der Waals surface area contributed by atoms with Crippen LogP contribution in [-0.2, 0) is 16.1 Å². The Balaban J connectivity index is 1.86. The Morgan fingerprint density at radius 1 is 1.24 bits per heavy atom.